The van der Waals surface area contributed by atoms with Crippen molar-refractivity contribution in [2.45, 2.75) is 20.0 Å². The molecule has 1 N–H and O–H groups in total. The van der Waals surface area contributed by atoms with Crippen molar-refractivity contribution in [3.63, 3.8) is 0 Å². The van der Waals surface area contributed by atoms with Gasteiger partial charge < -0.3 is 14.8 Å². The van der Waals surface area contributed by atoms with E-state index < -0.39 is 34.0 Å². The maximum absolute atomic E-state index is 13.0. The van der Waals surface area contributed by atoms with Gasteiger partial charge in [0, 0.05) is 11.8 Å². The van der Waals surface area contributed by atoms with Crippen molar-refractivity contribution in [2.24, 2.45) is 0 Å². The van der Waals surface area contributed by atoms with Gasteiger partial charge in [-0.3, -0.25) is 14.9 Å². The number of carbonyl (C=O) groups is 1. The fraction of sp³-hybridized carbons (Fsp3) is 0.154. The molecule has 0 saturated heterocycles. The highest BCUT2D eigenvalue weighted by Gasteiger charge is 2.33. The van der Waals surface area contributed by atoms with Crippen molar-refractivity contribution in [3.05, 3.63) is 92.0 Å². The minimum absolute atomic E-state index is 0.0170. The topological polar surface area (TPSA) is 114 Å². The highest BCUT2D eigenvalue weighted by atomic mass is 35.5. The van der Waals surface area contributed by atoms with Crippen LogP contribution in [0.5, 0.6) is 17.2 Å². The number of ether oxygens (including phenoxy) is 2. The number of nitro benzene ring substituents is 1. The second-order valence-corrected chi connectivity index (χ2v) is 8.20. The minimum atomic E-state index is -4.80. The molecule has 0 fully saturated rings. The first-order valence-corrected chi connectivity index (χ1v) is 11.3. The monoisotopic (exact) mass is 545 g/mol. The lowest BCUT2D eigenvalue weighted by Gasteiger charge is -2.15. The Balaban J connectivity index is 1.97. The molecule has 0 aliphatic heterocycles. The van der Waals surface area contributed by atoms with Gasteiger partial charge >= 0.3 is 11.9 Å². The van der Waals surface area contributed by atoms with E-state index in [2.05, 4.69) is 5.32 Å². The first-order valence-electron chi connectivity index (χ1n) is 10.9. The van der Waals surface area contributed by atoms with Crippen LogP contribution >= 0.6 is 11.6 Å². The average Bonchev–Trinajstić information content (AvgIpc) is 2.85. The van der Waals surface area contributed by atoms with E-state index in [0.717, 1.165) is 11.6 Å². The molecule has 0 aliphatic rings. The van der Waals surface area contributed by atoms with Crippen molar-refractivity contribution < 1.29 is 32.4 Å². The van der Waals surface area contributed by atoms with E-state index in [1.807, 2.05) is 13.0 Å². The second kappa shape index (κ2) is 11.7. The van der Waals surface area contributed by atoms with E-state index in [9.17, 15) is 33.3 Å². The zero-order chi connectivity index (χ0) is 28.0. The summed E-state index contributed by atoms with van der Waals surface area (Å²) in [5.74, 6) is -1.39. The van der Waals surface area contributed by atoms with Crippen LogP contribution in [0.15, 0.2) is 60.2 Å². The molecule has 3 aromatic carbocycles. The highest BCUT2D eigenvalue weighted by Crippen LogP contribution is 2.44. The van der Waals surface area contributed by atoms with Crippen LogP contribution in [0, 0.1) is 28.4 Å². The molecule has 0 radical (unpaired) electrons. The van der Waals surface area contributed by atoms with Crippen LogP contribution < -0.4 is 14.8 Å². The van der Waals surface area contributed by atoms with E-state index in [-0.39, 0.29) is 34.3 Å². The molecule has 0 bridgehead atoms. The van der Waals surface area contributed by atoms with Crippen molar-refractivity contribution in [2.75, 3.05) is 11.9 Å². The molecule has 0 spiro atoms. The van der Waals surface area contributed by atoms with Crippen molar-refractivity contribution >= 4 is 35.0 Å². The van der Waals surface area contributed by atoms with E-state index in [1.54, 1.807) is 31.2 Å². The quantitative estimate of drug-likeness (QED) is 0.137. The average molecular weight is 546 g/mol. The van der Waals surface area contributed by atoms with Crippen LogP contribution in [0.1, 0.15) is 23.6 Å². The fourth-order valence-electron chi connectivity index (χ4n) is 3.22. The fourth-order valence-corrected chi connectivity index (χ4v) is 3.47. The minimum Gasteiger partial charge on any atom is -0.490 e. The Bertz CT molecular complexity index is 1450. The number of anilines is 1. The maximum atomic E-state index is 13.0. The summed E-state index contributed by atoms with van der Waals surface area (Å²) in [6.07, 6.45) is -3.54. The Kier molecular flexibility index (Phi) is 8.60. The molecule has 0 aliphatic carbocycles. The number of hydrogen-bond acceptors (Lipinski definition) is 6. The SMILES string of the molecule is CCOc1cc(/C=C(\C#N)C(=O)Nc2ccc(C)cc2)cc(Cl)c1Oc1ccc(C(F)(F)F)cc1[N+](=O)[O-]. The smallest absolute Gasteiger partial charge is 0.416 e. The van der Waals surface area contributed by atoms with Gasteiger partial charge in [0.2, 0.25) is 5.75 Å². The standard InChI is InChI=1S/C26H19ClF3N3O5/c1-3-37-23-12-16(10-17(14-31)25(34)32-19-7-4-15(2)5-8-19)11-20(27)24(23)38-22-9-6-18(26(28,29)30)13-21(22)33(35)36/h4-13H,3H2,1-2H3,(H,32,34)/b17-10+. The molecule has 0 aromatic heterocycles. The molecule has 12 heteroatoms. The maximum Gasteiger partial charge on any atom is 0.416 e. The summed E-state index contributed by atoms with van der Waals surface area (Å²) in [7, 11) is 0. The molecular formula is C26H19ClF3N3O5. The Morgan fingerprint density at radius 1 is 1.16 bits per heavy atom. The van der Waals surface area contributed by atoms with Crippen LogP contribution in [0.3, 0.4) is 0 Å². The first-order chi connectivity index (χ1) is 17.9. The van der Waals surface area contributed by atoms with Gasteiger partial charge in [0.1, 0.15) is 11.6 Å². The molecule has 196 valence electrons. The molecule has 8 nitrogen and oxygen atoms in total. The van der Waals surface area contributed by atoms with Crippen LogP contribution in [0.4, 0.5) is 24.5 Å². The first kappa shape index (κ1) is 28.0. The van der Waals surface area contributed by atoms with Gasteiger partial charge in [-0.25, -0.2) is 0 Å². The third-order valence-electron chi connectivity index (χ3n) is 5.01. The van der Waals surface area contributed by atoms with Crippen LogP contribution in [0.2, 0.25) is 5.02 Å². The van der Waals surface area contributed by atoms with Crippen molar-refractivity contribution in [3.8, 4) is 23.3 Å². The third-order valence-corrected chi connectivity index (χ3v) is 5.29. The van der Waals surface area contributed by atoms with E-state index in [0.29, 0.717) is 17.8 Å². The number of nitrogens with zero attached hydrogens (tertiary/aromatic N) is 2. The van der Waals surface area contributed by atoms with Gasteiger partial charge in [0.25, 0.3) is 5.91 Å². The lowest BCUT2D eigenvalue weighted by molar-refractivity contribution is -0.385. The summed E-state index contributed by atoms with van der Waals surface area (Å²) >= 11 is 6.34. The number of amides is 1. The number of aryl methyl sites for hydroxylation is 1. The number of hydrogen-bond donors (Lipinski definition) is 1. The Morgan fingerprint density at radius 3 is 2.42 bits per heavy atom. The number of halogens is 4. The Labute approximate surface area is 220 Å². The zero-order valence-electron chi connectivity index (χ0n) is 19.9. The second-order valence-electron chi connectivity index (χ2n) is 7.79. The molecule has 0 saturated carbocycles. The summed E-state index contributed by atoms with van der Waals surface area (Å²) < 4.78 is 50.2. The zero-order valence-corrected chi connectivity index (χ0v) is 20.7. The molecule has 0 atom stereocenters. The van der Waals surface area contributed by atoms with E-state index in [4.69, 9.17) is 21.1 Å². The lowest BCUT2D eigenvalue weighted by Crippen LogP contribution is -2.13. The van der Waals surface area contributed by atoms with Crippen LogP contribution in [0.25, 0.3) is 6.08 Å². The normalized spacial score (nSPS) is 11.4. The molecule has 3 rings (SSSR count). The van der Waals surface area contributed by atoms with Gasteiger partial charge in [0.15, 0.2) is 11.5 Å². The molecule has 0 heterocycles. The number of nitro groups is 1. The van der Waals surface area contributed by atoms with E-state index in [1.165, 1.54) is 18.2 Å². The summed E-state index contributed by atoms with van der Waals surface area (Å²) in [4.78, 5) is 23.0. The number of benzene rings is 3. The molecule has 0 unspecified atom stereocenters. The predicted molar refractivity (Wildman–Crippen MR) is 134 cm³/mol. The van der Waals surface area contributed by atoms with Crippen LogP contribution in [-0.4, -0.2) is 17.4 Å². The third kappa shape index (κ3) is 6.80. The number of alkyl halides is 3. The van der Waals surface area contributed by atoms with Crippen molar-refractivity contribution in [1.82, 2.24) is 0 Å². The van der Waals surface area contributed by atoms with Gasteiger partial charge in [0.05, 0.1) is 22.1 Å². The largest absolute Gasteiger partial charge is 0.490 e. The number of nitrogens with one attached hydrogen (secondary N) is 1. The Morgan fingerprint density at radius 2 is 1.84 bits per heavy atom. The highest BCUT2D eigenvalue weighted by molar-refractivity contribution is 6.32. The molecule has 1 amide bonds. The van der Waals surface area contributed by atoms with E-state index >= 15 is 0 Å². The number of carbonyl (C=O) groups excluding carboxylic acids is 1. The summed E-state index contributed by atoms with van der Waals surface area (Å²) in [6.45, 7) is 3.62. The predicted octanol–water partition coefficient (Wildman–Crippen LogP) is 7.31. The summed E-state index contributed by atoms with van der Waals surface area (Å²) in [6, 6.07) is 13.2. The number of nitriles is 1. The summed E-state index contributed by atoms with van der Waals surface area (Å²) in [5, 5.41) is 23.4. The summed E-state index contributed by atoms with van der Waals surface area (Å²) in [5.41, 5.74) is -0.667. The lowest BCUT2D eigenvalue weighted by atomic mass is 10.1. The Hall–Kier alpha value is -4.56. The van der Waals surface area contributed by atoms with Gasteiger partial charge in [-0.1, -0.05) is 29.3 Å². The molecule has 38 heavy (non-hydrogen) atoms. The van der Waals surface area contributed by atoms with Gasteiger partial charge in [-0.05, 0) is 61.9 Å². The molecule has 3 aromatic rings. The molecular weight excluding hydrogens is 527 g/mol. The van der Waals surface area contributed by atoms with Crippen molar-refractivity contribution in [1.29, 1.82) is 5.26 Å². The van der Waals surface area contributed by atoms with Crippen LogP contribution in [-0.2, 0) is 11.0 Å². The van der Waals surface area contributed by atoms with Gasteiger partial charge in [-0.15, -0.1) is 0 Å². The van der Waals surface area contributed by atoms with Gasteiger partial charge in [-0.2, -0.15) is 18.4 Å². The number of rotatable bonds is 8.